The van der Waals surface area contributed by atoms with E-state index in [0.717, 1.165) is 11.6 Å². The van der Waals surface area contributed by atoms with Crippen molar-refractivity contribution in [2.45, 2.75) is 45.4 Å². The molecule has 2 N–H and O–H groups in total. The molecule has 2 atom stereocenters. The van der Waals surface area contributed by atoms with Gasteiger partial charge in [-0.05, 0) is 69.2 Å². The summed E-state index contributed by atoms with van der Waals surface area (Å²) in [6, 6.07) is 14.9. The molecule has 5 nitrogen and oxygen atoms in total. The van der Waals surface area contributed by atoms with Gasteiger partial charge in [-0.2, -0.15) is 0 Å². The fourth-order valence-electron chi connectivity index (χ4n) is 4.08. The quantitative estimate of drug-likeness (QED) is 0.191. The highest BCUT2D eigenvalue weighted by Crippen LogP contribution is 2.32. The van der Waals surface area contributed by atoms with Gasteiger partial charge in [0.25, 0.3) is 10.9 Å². The van der Waals surface area contributed by atoms with Crippen LogP contribution in [0.15, 0.2) is 70.3 Å². The van der Waals surface area contributed by atoms with Gasteiger partial charge in [-0.15, -0.1) is 0 Å². The van der Waals surface area contributed by atoms with Gasteiger partial charge in [0.2, 0.25) is 0 Å². The van der Waals surface area contributed by atoms with E-state index in [4.69, 9.17) is 16.3 Å². The van der Waals surface area contributed by atoms with Crippen LogP contribution >= 0.6 is 11.6 Å². The fraction of sp³-hybridized carbons (Fsp3) is 0.241. The van der Waals surface area contributed by atoms with Crippen molar-refractivity contribution >= 4 is 23.0 Å². The second-order valence-electron chi connectivity index (χ2n) is 9.96. The first-order valence-electron chi connectivity index (χ1n) is 11.9. The summed E-state index contributed by atoms with van der Waals surface area (Å²) in [6.07, 6.45) is 0. The second kappa shape index (κ2) is 10.6. The Labute approximate surface area is 222 Å². The fourth-order valence-corrected chi connectivity index (χ4v) is 4.21. The molecule has 0 amide bonds. The van der Waals surface area contributed by atoms with Crippen molar-refractivity contribution in [2.24, 2.45) is 0 Å². The van der Waals surface area contributed by atoms with Gasteiger partial charge in [-0.1, -0.05) is 41.9 Å². The van der Waals surface area contributed by atoms with Gasteiger partial charge in [0.05, 0.1) is 6.04 Å². The van der Waals surface area contributed by atoms with Crippen molar-refractivity contribution < 1.29 is 17.9 Å². The number of nitrogens with one attached hydrogen (secondary N) is 2. The third-order valence-electron chi connectivity index (χ3n) is 5.92. The standard InChI is InChI=1S/C29H26ClF3N2O3/c1-15(20-12-13-21(31)23(33)22(20)32)34-24(16-8-10-18(30)11-9-16)17-6-5-7-19(14-17)35-25-26(36)27(37)28(25)38-29(2,3)4/h5-15,24,34-35H,1-4H3. The average Bonchev–Trinajstić information content (AvgIpc) is 2.88. The van der Waals surface area contributed by atoms with E-state index in [1.807, 2.05) is 6.07 Å². The number of hydrogen-bond acceptors (Lipinski definition) is 5. The predicted molar refractivity (Wildman–Crippen MR) is 143 cm³/mol. The molecule has 4 aromatic rings. The van der Waals surface area contributed by atoms with E-state index in [0.29, 0.717) is 16.3 Å². The highest BCUT2D eigenvalue weighted by molar-refractivity contribution is 6.30. The Morgan fingerprint density at radius 2 is 1.55 bits per heavy atom. The zero-order valence-electron chi connectivity index (χ0n) is 21.2. The molecule has 4 rings (SSSR count). The maximum Gasteiger partial charge on any atom is 0.272 e. The molecule has 198 valence electrons. The monoisotopic (exact) mass is 542 g/mol. The van der Waals surface area contributed by atoms with Gasteiger partial charge in [0.15, 0.2) is 23.2 Å². The molecule has 0 saturated heterocycles. The second-order valence-corrected chi connectivity index (χ2v) is 10.4. The normalized spacial score (nSPS) is 13.4. The summed E-state index contributed by atoms with van der Waals surface area (Å²) in [7, 11) is 0. The summed E-state index contributed by atoms with van der Waals surface area (Å²) in [6.45, 7) is 6.95. The first-order chi connectivity index (χ1) is 17.9. The van der Waals surface area contributed by atoms with E-state index in [1.54, 1.807) is 70.2 Å². The van der Waals surface area contributed by atoms with Crippen LogP contribution < -0.4 is 26.2 Å². The molecule has 4 aromatic carbocycles. The van der Waals surface area contributed by atoms with Gasteiger partial charge in [0, 0.05) is 22.3 Å². The Morgan fingerprint density at radius 1 is 0.868 bits per heavy atom. The van der Waals surface area contributed by atoms with Crippen LogP contribution in [0.3, 0.4) is 0 Å². The molecule has 2 unspecified atom stereocenters. The molecular weight excluding hydrogens is 517 g/mol. The van der Waals surface area contributed by atoms with Crippen molar-refractivity contribution in [1.82, 2.24) is 5.32 Å². The van der Waals surface area contributed by atoms with E-state index in [-0.39, 0.29) is 17.0 Å². The number of anilines is 2. The highest BCUT2D eigenvalue weighted by Gasteiger charge is 2.27. The number of rotatable bonds is 8. The first kappa shape index (κ1) is 27.4. The van der Waals surface area contributed by atoms with E-state index in [1.165, 1.54) is 6.07 Å². The Morgan fingerprint density at radius 3 is 2.21 bits per heavy atom. The molecule has 9 heteroatoms. The zero-order valence-corrected chi connectivity index (χ0v) is 21.9. The summed E-state index contributed by atoms with van der Waals surface area (Å²) < 4.78 is 47.6. The Balaban J connectivity index is 1.69. The molecule has 0 aliphatic heterocycles. The molecule has 0 saturated carbocycles. The lowest BCUT2D eigenvalue weighted by Crippen LogP contribution is -2.39. The van der Waals surface area contributed by atoms with Gasteiger partial charge < -0.3 is 10.1 Å². The van der Waals surface area contributed by atoms with Crippen molar-refractivity contribution in [3.05, 3.63) is 120 Å². The summed E-state index contributed by atoms with van der Waals surface area (Å²) in [4.78, 5) is 24.3. The van der Waals surface area contributed by atoms with Crippen LogP contribution in [0.1, 0.15) is 56.5 Å². The lowest BCUT2D eigenvalue weighted by Gasteiger charge is -2.26. The lowest BCUT2D eigenvalue weighted by molar-refractivity contribution is 0.128. The highest BCUT2D eigenvalue weighted by atomic mass is 35.5. The maximum atomic E-state index is 14.5. The van der Waals surface area contributed by atoms with Crippen LogP contribution in [0.4, 0.5) is 24.5 Å². The molecular formula is C29H26ClF3N2O3. The third-order valence-corrected chi connectivity index (χ3v) is 6.17. The smallest absolute Gasteiger partial charge is 0.272 e. The van der Waals surface area contributed by atoms with E-state index in [9.17, 15) is 22.8 Å². The van der Waals surface area contributed by atoms with Crippen LogP contribution in [0.5, 0.6) is 5.75 Å². The van der Waals surface area contributed by atoms with Crippen molar-refractivity contribution in [2.75, 3.05) is 5.32 Å². The van der Waals surface area contributed by atoms with E-state index in [2.05, 4.69) is 10.6 Å². The van der Waals surface area contributed by atoms with Crippen molar-refractivity contribution in [1.29, 1.82) is 0 Å². The molecule has 0 bridgehead atoms. The van der Waals surface area contributed by atoms with Crippen LogP contribution in [0, 0.1) is 17.5 Å². The number of ether oxygens (including phenoxy) is 1. The molecule has 0 heterocycles. The molecule has 0 fully saturated rings. The Hall–Kier alpha value is -3.62. The zero-order chi connectivity index (χ0) is 27.8. The van der Waals surface area contributed by atoms with Gasteiger partial charge in [-0.3, -0.25) is 14.9 Å². The molecule has 0 aromatic heterocycles. The molecule has 0 aliphatic rings. The van der Waals surface area contributed by atoms with Gasteiger partial charge in [-0.25, -0.2) is 13.2 Å². The van der Waals surface area contributed by atoms with Crippen molar-refractivity contribution in [3.63, 3.8) is 0 Å². The van der Waals surface area contributed by atoms with E-state index >= 15 is 0 Å². The molecule has 0 radical (unpaired) electrons. The Kier molecular flexibility index (Phi) is 7.67. The third kappa shape index (κ3) is 5.76. The van der Waals surface area contributed by atoms with Crippen LogP contribution in [-0.2, 0) is 0 Å². The number of halogens is 4. The van der Waals surface area contributed by atoms with E-state index < -0.39 is 46.0 Å². The minimum atomic E-state index is -1.54. The summed E-state index contributed by atoms with van der Waals surface area (Å²) in [5.74, 6) is -4.09. The predicted octanol–water partition coefficient (Wildman–Crippen LogP) is 6.71. The largest absolute Gasteiger partial charge is 0.482 e. The van der Waals surface area contributed by atoms with Gasteiger partial charge >= 0.3 is 0 Å². The summed E-state index contributed by atoms with van der Waals surface area (Å²) in [5, 5.41) is 6.78. The minimum Gasteiger partial charge on any atom is -0.482 e. The number of hydrogen-bond donors (Lipinski definition) is 2. The summed E-state index contributed by atoms with van der Waals surface area (Å²) in [5.41, 5.74) is -0.0153. The topological polar surface area (TPSA) is 67.4 Å². The molecule has 38 heavy (non-hydrogen) atoms. The minimum absolute atomic E-state index is 0.0253. The van der Waals surface area contributed by atoms with Crippen LogP contribution in [0.25, 0.3) is 0 Å². The maximum absolute atomic E-state index is 14.5. The summed E-state index contributed by atoms with van der Waals surface area (Å²) >= 11 is 6.07. The lowest BCUT2D eigenvalue weighted by atomic mass is 9.96. The average molecular weight is 543 g/mol. The SMILES string of the molecule is CC(NC(c1ccc(Cl)cc1)c1cccc(Nc2c(OC(C)(C)C)c(=O)c2=O)c1)c1ccc(F)c(F)c1F. The van der Waals surface area contributed by atoms with Crippen molar-refractivity contribution in [3.8, 4) is 5.75 Å². The van der Waals surface area contributed by atoms with Crippen LogP contribution in [0.2, 0.25) is 5.02 Å². The Bertz CT molecular complexity index is 1540. The number of benzene rings is 3. The molecule has 0 spiro atoms. The first-order valence-corrected chi connectivity index (χ1v) is 12.3. The van der Waals surface area contributed by atoms with Crippen LogP contribution in [-0.4, -0.2) is 5.60 Å². The molecule has 0 aliphatic carbocycles. The van der Waals surface area contributed by atoms with Gasteiger partial charge in [0.1, 0.15) is 11.3 Å².